The lowest BCUT2D eigenvalue weighted by atomic mass is 9.99. The van der Waals surface area contributed by atoms with Crippen LogP contribution in [0.4, 0.5) is 0 Å². The molecule has 5 heteroatoms. The maximum atomic E-state index is 13.7. The van der Waals surface area contributed by atoms with Gasteiger partial charge in [0, 0.05) is 19.9 Å². The van der Waals surface area contributed by atoms with E-state index in [-0.39, 0.29) is 24.0 Å². The third kappa shape index (κ3) is 6.18. The molecule has 1 heterocycles. The highest BCUT2D eigenvalue weighted by atomic mass is 16.5. The summed E-state index contributed by atoms with van der Waals surface area (Å²) in [5, 5.41) is 3.23. The van der Waals surface area contributed by atoms with Gasteiger partial charge < -0.3 is 15.0 Å². The second-order valence-corrected chi connectivity index (χ2v) is 8.96. The van der Waals surface area contributed by atoms with Crippen LogP contribution in [0.3, 0.4) is 0 Å². The molecule has 0 fully saturated rings. The number of amides is 2. The van der Waals surface area contributed by atoms with Gasteiger partial charge in [-0.2, -0.15) is 0 Å². The number of fused-ring (bicyclic) bond motifs is 1. The van der Waals surface area contributed by atoms with Crippen molar-refractivity contribution in [1.82, 2.24) is 10.2 Å². The molecule has 5 nitrogen and oxygen atoms in total. The standard InChI is InChI=1S/C30H32N2O3/c1-22-13-9-11-19-26(24-16-7-4-8-17-24)31-29(33)27(21-23-14-5-3-6-15-23)32(2)30(34)25-18-10-12-20-28(25)35-22/h3-12,14-18,20,22,26-27H,13,19,21H2,1-2H3,(H,31,33)/b11-9+/t22-,26+,27+/m0/s1. The number of nitrogens with one attached hydrogen (secondary N) is 1. The third-order valence-electron chi connectivity index (χ3n) is 6.33. The second-order valence-electron chi connectivity index (χ2n) is 8.96. The van der Waals surface area contributed by atoms with E-state index in [2.05, 4.69) is 17.5 Å². The lowest BCUT2D eigenvalue weighted by Gasteiger charge is -2.30. The van der Waals surface area contributed by atoms with Crippen LogP contribution in [0.5, 0.6) is 5.75 Å². The molecule has 0 aliphatic carbocycles. The first kappa shape index (κ1) is 24.3. The summed E-state index contributed by atoms with van der Waals surface area (Å²) in [6.07, 6.45) is 5.83. The predicted octanol–water partition coefficient (Wildman–Crippen LogP) is 5.34. The zero-order chi connectivity index (χ0) is 24.6. The van der Waals surface area contributed by atoms with Gasteiger partial charge in [-0.3, -0.25) is 9.59 Å². The van der Waals surface area contributed by atoms with Crippen molar-refractivity contribution in [3.63, 3.8) is 0 Å². The van der Waals surface area contributed by atoms with Crippen molar-refractivity contribution in [2.75, 3.05) is 7.05 Å². The van der Waals surface area contributed by atoms with Crippen LogP contribution in [0.1, 0.15) is 47.3 Å². The molecule has 0 unspecified atom stereocenters. The molecular formula is C30H32N2O3. The van der Waals surface area contributed by atoms with E-state index in [1.807, 2.05) is 85.8 Å². The number of nitrogens with zero attached hydrogens (tertiary/aromatic N) is 1. The minimum Gasteiger partial charge on any atom is -0.490 e. The summed E-state index contributed by atoms with van der Waals surface area (Å²) < 4.78 is 6.15. The number of hydrogen-bond donors (Lipinski definition) is 1. The highest BCUT2D eigenvalue weighted by Gasteiger charge is 2.31. The molecule has 1 aliphatic rings. The molecule has 1 N–H and O–H groups in total. The SMILES string of the molecule is C[C@H]1C/C=C/C[C@H](c2ccccc2)NC(=O)[C@@H](Cc2ccccc2)N(C)C(=O)c2ccccc2O1. The van der Waals surface area contributed by atoms with Crippen LogP contribution in [0.2, 0.25) is 0 Å². The molecule has 2 amide bonds. The summed E-state index contributed by atoms with van der Waals surface area (Å²) in [4.78, 5) is 28.9. The molecule has 0 spiro atoms. The molecular weight excluding hydrogens is 436 g/mol. The molecule has 4 rings (SSSR count). The van der Waals surface area contributed by atoms with Gasteiger partial charge in [0.2, 0.25) is 5.91 Å². The maximum absolute atomic E-state index is 13.7. The van der Waals surface area contributed by atoms with Crippen molar-refractivity contribution in [1.29, 1.82) is 0 Å². The molecule has 1 aliphatic heterocycles. The highest BCUT2D eigenvalue weighted by Crippen LogP contribution is 2.25. The van der Waals surface area contributed by atoms with Gasteiger partial charge in [0.25, 0.3) is 5.91 Å². The van der Waals surface area contributed by atoms with E-state index < -0.39 is 6.04 Å². The zero-order valence-corrected chi connectivity index (χ0v) is 20.3. The smallest absolute Gasteiger partial charge is 0.258 e. The topological polar surface area (TPSA) is 58.6 Å². The fourth-order valence-corrected chi connectivity index (χ4v) is 4.34. The van der Waals surface area contributed by atoms with E-state index in [4.69, 9.17) is 4.74 Å². The predicted molar refractivity (Wildman–Crippen MR) is 138 cm³/mol. The molecule has 0 saturated heterocycles. The van der Waals surface area contributed by atoms with Crippen molar-refractivity contribution in [2.24, 2.45) is 0 Å². The number of benzene rings is 3. The summed E-state index contributed by atoms with van der Waals surface area (Å²) >= 11 is 0. The van der Waals surface area contributed by atoms with E-state index in [9.17, 15) is 9.59 Å². The lowest BCUT2D eigenvalue weighted by molar-refractivity contribution is -0.126. The van der Waals surface area contributed by atoms with Crippen LogP contribution in [0, 0.1) is 0 Å². The largest absolute Gasteiger partial charge is 0.490 e. The van der Waals surface area contributed by atoms with Gasteiger partial charge in [0.1, 0.15) is 11.8 Å². The first-order chi connectivity index (χ1) is 17.0. The van der Waals surface area contributed by atoms with Crippen LogP contribution in [0.15, 0.2) is 97.1 Å². The molecule has 35 heavy (non-hydrogen) atoms. The molecule has 0 aromatic heterocycles. The Morgan fingerprint density at radius 1 is 0.857 bits per heavy atom. The van der Waals surface area contributed by atoms with E-state index in [0.717, 1.165) is 11.1 Å². The van der Waals surface area contributed by atoms with Crippen LogP contribution >= 0.6 is 0 Å². The van der Waals surface area contributed by atoms with E-state index >= 15 is 0 Å². The molecule has 0 radical (unpaired) electrons. The number of hydrogen-bond acceptors (Lipinski definition) is 3. The fourth-order valence-electron chi connectivity index (χ4n) is 4.34. The van der Waals surface area contributed by atoms with Crippen molar-refractivity contribution in [3.05, 3.63) is 114 Å². The van der Waals surface area contributed by atoms with Crippen molar-refractivity contribution in [3.8, 4) is 5.75 Å². The molecule has 3 aromatic carbocycles. The summed E-state index contributed by atoms with van der Waals surface area (Å²) in [6.45, 7) is 2.00. The molecule has 3 atom stereocenters. The van der Waals surface area contributed by atoms with E-state index in [1.54, 1.807) is 18.0 Å². The number of para-hydroxylation sites is 1. The van der Waals surface area contributed by atoms with Gasteiger partial charge in [-0.15, -0.1) is 0 Å². The number of rotatable bonds is 3. The number of carbonyl (C=O) groups excluding carboxylic acids is 2. The second kappa shape index (κ2) is 11.5. The van der Waals surface area contributed by atoms with Crippen molar-refractivity contribution >= 4 is 11.8 Å². The van der Waals surface area contributed by atoms with Crippen molar-refractivity contribution < 1.29 is 14.3 Å². The highest BCUT2D eigenvalue weighted by molar-refractivity contribution is 5.99. The van der Waals surface area contributed by atoms with E-state index in [0.29, 0.717) is 30.6 Å². The average molecular weight is 469 g/mol. The van der Waals surface area contributed by atoms with Gasteiger partial charge in [-0.25, -0.2) is 0 Å². The Balaban J connectivity index is 1.73. The maximum Gasteiger partial charge on any atom is 0.258 e. The molecule has 180 valence electrons. The zero-order valence-electron chi connectivity index (χ0n) is 20.3. The van der Waals surface area contributed by atoms with E-state index in [1.165, 1.54) is 0 Å². The fraction of sp³-hybridized carbons (Fsp3) is 0.267. The summed E-state index contributed by atoms with van der Waals surface area (Å²) in [6, 6.07) is 26.1. The quantitative estimate of drug-likeness (QED) is 0.528. The van der Waals surface area contributed by atoms with Gasteiger partial charge >= 0.3 is 0 Å². The van der Waals surface area contributed by atoms with Gasteiger partial charge in [-0.1, -0.05) is 84.9 Å². The Hall–Kier alpha value is -3.86. The Morgan fingerprint density at radius 3 is 2.23 bits per heavy atom. The normalized spacial score (nSPS) is 22.3. The Kier molecular flexibility index (Phi) is 7.99. The van der Waals surface area contributed by atoms with Crippen LogP contribution < -0.4 is 10.1 Å². The molecule has 0 saturated carbocycles. The van der Waals surface area contributed by atoms with Crippen LogP contribution in [0.25, 0.3) is 0 Å². The van der Waals surface area contributed by atoms with Crippen LogP contribution in [-0.4, -0.2) is 35.9 Å². The minimum atomic E-state index is -0.687. The minimum absolute atomic E-state index is 0.0988. The average Bonchev–Trinajstić information content (AvgIpc) is 2.89. The number of carbonyl (C=O) groups is 2. The molecule has 0 bridgehead atoms. The third-order valence-corrected chi connectivity index (χ3v) is 6.33. The van der Waals surface area contributed by atoms with Gasteiger partial charge in [-0.05, 0) is 36.6 Å². The first-order valence-electron chi connectivity index (χ1n) is 12.1. The van der Waals surface area contributed by atoms with Crippen molar-refractivity contribution in [2.45, 2.75) is 44.4 Å². The Bertz CT molecular complexity index is 1160. The number of ether oxygens (including phenoxy) is 1. The Labute approximate surface area is 207 Å². The molecule has 3 aromatic rings. The monoisotopic (exact) mass is 468 g/mol. The summed E-state index contributed by atoms with van der Waals surface area (Å²) in [7, 11) is 1.69. The first-order valence-corrected chi connectivity index (χ1v) is 12.1. The summed E-state index contributed by atoms with van der Waals surface area (Å²) in [5.74, 6) is 0.104. The number of likely N-dealkylation sites (N-methyl/N-ethyl adjacent to an activating group) is 1. The van der Waals surface area contributed by atoms with Gasteiger partial charge in [0.05, 0.1) is 17.7 Å². The Morgan fingerprint density at radius 2 is 1.49 bits per heavy atom. The van der Waals surface area contributed by atoms with Crippen LogP contribution in [-0.2, 0) is 11.2 Å². The summed E-state index contributed by atoms with van der Waals surface area (Å²) in [5.41, 5.74) is 2.47. The lowest BCUT2D eigenvalue weighted by Crippen LogP contribution is -2.49. The van der Waals surface area contributed by atoms with Gasteiger partial charge in [0.15, 0.2) is 0 Å².